The van der Waals surface area contributed by atoms with Crippen LogP contribution < -0.4 is 10.1 Å². The molecular weight excluding hydrogens is 390 g/mol. The van der Waals surface area contributed by atoms with Crippen LogP contribution in [0.15, 0.2) is 54.1 Å². The number of allylic oxidation sites excluding steroid dienone is 1. The van der Waals surface area contributed by atoms with Gasteiger partial charge in [-0.1, -0.05) is 35.4 Å². The van der Waals surface area contributed by atoms with Gasteiger partial charge in [0.25, 0.3) is 0 Å². The van der Waals surface area contributed by atoms with Crippen molar-refractivity contribution in [2.24, 2.45) is 0 Å². The van der Waals surface area contributed by atoms with Crippen molar-refractivity contribution in [1.29, 1.82) is 0 Å². The Morgan fingerprint density at radius 1 is 1.16 bits per heavy atom. The SMILES string of the molecule is CCOC1c2cc(NCc3ccc(C)cc3)ccc2OC(C)(C)C1OC(=O)C=C(C)C. The van der Waals surface area contributed by atoms with Crippen molar-refractivity contribution < 1.29 is 19.0 Å². The lowest BCUT2D eigenvalue weighted by atomic mass is 9.87. The molecule has 166 valence electrons. The number of rotatable bonds is 7. The molecule has 0 aliphatic carbocycles. The van der Waals surface area contributed by atoms with E-state index in [2.05, 4.69) is 36.5 Å². The molecule has 0 spiro atoms. The van der Waals surface area contributed by atoms with Gasteiger partial charge in [-0.2, -0.15) is 0 Å². The summed E-state index contributed by atoms with van der Waals surface area (Å²) in [5.41, 5.74) is 4.44. The van der Waals surface area contributed by atoms with Crippen LogP contribution in [0.2, 0.25) is 0 Å². The third kappa shape index (κ3) is 5.67. The van der Waals surface area contributed by atoms with E-state index >= 15 is 0 Å². The molecule has 0 saturated carbocycles. The highest BCUT2D eigenvalue weighted by molar-refractivity contribution is 5.83. The molecule has 0 fully saturated rings. The van der Waals surface area contributed by atoms with Gasteiger partial charge in [0, 0.05) is 30.5 Å². The Bertz CT molecular complexity index is 942. The molecule has 1 aliphatic heterocycles. The van der Waals surface area contributed by atoms with Crippen LogP contribution in [0.5, 0.6) is 5.75 Å². The fourth-order valence-corrected chi connectivity index (χ4v) is 3.71. The van der Waals surface area contributed by atoms with Crippen LogP contribution >= 0.6 is 0 Å². The number of esters is 1. The topological polar surface area (TPSA) is 56.8 Å². The van der Waals surface area contributed by atoms with Crippen LogP contribution in [0.1, 0.15) is 57.4 Å². The van der Waals surface area contributed by atoms with Crippen molar-refractivity contribution in [3.05, 3.63) is 70.8 Å². The van der Waals surface area contributed by atoms with E-state index in [0.29, 0.717) is 13.2 Å². The molecule has 2 unspecified atom stereocenters. The van der Waals surface area contributed by atoms with Crippen molar-refractivity contribution in [3.8, 4) is 5.75 Å². The first-order valence-corrected chi connectivity index (χ1v) is 10.8. The van der Waals surface area contributed by atoms with Crippen LogP contribution in [0, 0.1) is 6.92 Å². The molecule has 2 atom stereocenters. The van der Waals surface area contributed by atoms with E-state index < -0.39 is 17.8 Å². The molecule has 2 aromatic rings. The number of aryl methyl sites for hydroxylation is 1. The lowest BCUT2D eigenvalue weighted by molar-refractivity contribution is -0.178. The number of ether oxygens (including phenoxy) is 3. The molecule has 0 saturated heterocycles. The van der Waals surface area contributed by atoms with Gasteiger partial charge in [-0.15, -0.1) is 0 Å². The molecular formula is C26H33NO4. The van der Waals surface area contributed by atoms with Gasteiger partial charge in [0.2, 0.25) is 0 Å². The molecule has 5 nitrogen and oxygen atoms in total. The molecule has 0 aromatic heterocycles. The Morgan fingerprint density at radius 2 is 1.87 bits per heavy atom. The van der Waals surface area contributed by atoms with E-state index in [-0.39, 0.29) is 5.97 Å². The van der Waals surface area contributed by atoms with Gasteiger partial charge in [0.1, 0.15) is 17.5 Å². The van der Waals surface area contributed by atoms with E-state index in [1.165, 1.54) is 17.2 Å². The number of hydrogen-bond donors (Lipinski definition) is 1. The molecule has 0 bridgehead atoms. The number of nitrogens with one attached hydrogen (secondary N) is 1. The maximum atomic E-state index is 12.4. The third-order valence-corrected chi connectivity index (χ3v) is 5.26. The van der Waals surface area contributed by atoms with Crippen LogP contribution in [0.25, 0.3) is 0 Å². The second-order valence-electron chi connectivity index (χ2n) is 8.75. The average molecular weight is 424 g/mol. The molecule has 1 N–H and O–H groups in total. The van der Waals surface area contributed by atoms with Crippen LogP contribution in [0.4, 0.5) is 5.69 Å². The van der Waals surface area contributed by atoms with E-state index in [1.54, 1.807) is 0 Å². The number of benzene rings is 2. The zero-order chi connectivity index (χ0) is 22.6. The van der Waals surface area contributed by atoms with Gasteiger partial charge >= 0.3 is 5.97 Å². The minimum Gasteiger partial charge on any atom is -0.483 e. The van der Waals surface area contributed by atoms with Crippen molar-refractivity contribution in [1.82, 2.24) is 0 Å². The first-order chi connectivity index (χ1) is 14.7. The van der Waals surface area contributed by atoms with Gasteiger partial charge in [0.15, 0.2) is 6.10 Å². The summed E-state index contributed by atoms with van der Waals surface area (Å²) >= 11 is 0. The Morgan fingerprint density at radius 3 is 2.52 bits per heavy atom. The quantitative estimate of drug-likeness (QED) is 0.455. The molecule has 2 aromatic carbocycles. The summed E-state index contributed by atoms with van der Waals surface area (Å²) < 4.78 is 18.2. The highest BCUT2D eigenvalue weighted by Crippen LogP contribution is 2.44. The summed E-state index contributed by atoms with van der Waals surface area (Å²) in [6, 6.07) is 14.4. The second-order valence-corrected chi connectivity index (χ2v) is 8.75. The van der Waals surface area contributed by atoms with E-state index in [1.807, 2.05) is 52.8 Å². The Labute approximate surface area is 185 Å². The highest BCUT2D eigenvalue weighted by atomic mass is 16.6. The lowest BCUT2D eigenvalue weighted by Crippen LogP contribution is -2.51. The van der Waals surface area contributed by atoms with Crippen LogP contribution in [-0.2, 0) is 20.8 Å². The van der Waals surface area contributed by atoms with E-state index in [4.69, 9.17) is 14.2 Å². The van der Waals surface area contributed by atoms with E-state index in [0.717, 1.165) is 22.6 Å². The molecule has 1 aliphatic rings. The lowest BCUT2D eigenvalue weighted by Gasteiger charge is -2.43. The fraction of sp³-hybridized carbons (Fsp3) is 0.423. The monoisotopic (exact) mass is 423 g/mol. The molecule has 5 heteroatoms. The number of carbonyl (C=O) groups is 1. The second kappa shape index (κ2) is 9.56. The normalized spacial score (nSPS) is 19.0. The predicted octanol–water partition coefficient (Wildman–Crippen LogP) is 5.73. The molecule has 0 amide bonds. The van der Waals surface area contributed by atoms with Crippen molar-refractivity contribution >= 4 is 11.7 Å². The van der Waals surface area contributed by atoms with Gasteiger partial charge in [-0.3, -0.25) is 0 Å². The zero-order valence-corrected chi connectivity index (χ0v) is 19.3. The van der Waals surface area contributed by atoms with Crippen molar-refractivity contribution in [3.63, 3.8) is 0 Å². The number of carbonyl (C=O) groups excluding carboxylic acids is 1. The smallest absolute Gasteiger partial charge is 0.331 e. The van der Waals surface area contributed by atoms with Crippen molar-refractivity contribution in [2.75, 3.05) is 11.9 Å². The summed E-state index contributed by atoms with van der Waals surface area (Å²) in [5.74, 6) is 0.363. The first-order valence-electron chi connectivity index (χ1n) is 10.8. The summed E-state index contributed by atoms with van der Waals surface area (Å²) in [6.45, 7) is 12.8. The van der Waals surface area contributed by atoms with Gasteiger partial charge < -0.3 is 19.5 Å². The number of fused-ring (bicyclic) bond motifs is 1. The summed E-state index contributed by atoms with van der Waals surface area (Å²) in [4.78, 5) is 12.4. The van der Waals surface area contributed by atoms with Gasteiger partial charge in [-0.25, -0.2) is 4.79 Å². The number of anilines is 1. The molecule has 1 heterocycles. The first kappa shape index (κ1) is 22.9. The minimum absolute atomic E-state index is 0.386. The standard InChI is InChI=1S/C26H33NO4/c1-7-29-24-21-15-20(27-16-19-10-8-18(4)9-11-19)12-13-22(21)31-26(5,6)25(24)30-23(28)14-17(2)3/h8-15,24-25,27H,7,16H2,1-6H3. The minimum atomic E-state index is -0.727. The van der Waals surface area contributed by atoms with Crippen molar-refractivity contribution in [2.45, 2.75) is 65.9 Å². The van der Waals surface area contributed by atoms with Gasteiger partial charge in [0.05, 0.1) is 0 Å². The Kier molecular flexibility index (Phi) is 7.06. The summed E-state index contributed by atoms with van der Waals surface area (Å²) in [6.07, 6.45) is 0.503. The average Bonchev–Trinajstić information content (AvgIpc) is 2.69. The number of hydrogen-bond acceptors (Lipinski definition) is 5. The maximum absolute atomic E-state index is 12.4. The molecule has 3 rings (SSSR count). The third-order valence-electron chi connectivity index (χ3n) is 5.26. The van der Waals surface area contributed by atoms with Crippen LogP contribution in [0.3, 0.4) is 0 Å². The summed E-state index contributed by atoms with van der Waals surface area (Å²) in [7, 11) is 0. The fourth-order valence-electron chi connectivity index (χ4n) is 3.71. The largest absolute Gasteiger partial charge is 0.483 e. The maximum Gasteiger partial charge on any atom is 0.331 e. The predicted molar refractivity (Wildman–Crippen MR) is 123 cm³/mol. The van der Waals surface area contributed by atoms with Gasteiger partial charge in [-0.05, 0) is 65.3 Å². The van der Waals surface area contributed by atoms with E-state index in [9.17, 15) is 4.79 Å². The molecule has 31 heavy (non-hydrogen) atoms. The molecule has 0 radical (unpaired) electrons. The highest BCUT2D eigenvalue weighted by Gasteiger charge is 2.47. The Hall–Kier alpha value is -2.79. The zero-order valence-electron chi connectivity index (χ0n) is 19.3. The Balaban J connectivity index is 1.86. The van der Waals surface area contributed by atoms with Crippen LogP contribution in [-0.4, -0.2) is 24.3 Å². The summed E-state index contributed by atoms with van der Waals surface area (Å²) in [5, 5.41) is 3.47.